The molecule has 3 unspecified atom stereocenters. The van der Waals surface area contributed by atoms with Crippen LogP contribution in [0, 0.1) is 11.8 Å². The van der Waals surface area contributed by atoms with Crippen molar-refractivity contribution < 1.29 is 19.7 Å². The quantitative estimate of drug-likeness (QED) is 0.555. The Hall–Kier alpha value is -0.610. The van der Waals surface area contributed by atoms with Gasteiger partial charge in [0.1, 0.15) is 0 Å². The van der Waals surface area contributed by atoms with Gasteiger partial charge in [0, 0.05) is 5.92 Å². The van der Waals surface area contributed by atoms with Crippen LogP contribution in [0.4, 0.5) is 0 Å². The van der Waals surface area contributed by atoms with E-state index in [-0.39, 0.29) is 17.9 Å². The summed E-state index contributed by atoms with van der Waals surface area (Å²) >= 11 is 0. The highest BCUT2D eigenvalue weighted by Crippen LogP contribution is 2.43. The van der Waals surface area contributed by atoms with Crippen LogP contribution in [0.25, 0.3) is 0 Å². The van der Waals surface area contributed by atoms with Crippen LogP contribution < -0.4 is 0 Å². The van der Waals surface area contributed by atoms with Gasteiger partial charge in [-0.1, -0.05) is 0 Å². The Balaban J connectivity index is 2.12. The van der Waals surface area contributed by atoms with Gasteiger partial charge in [-0.15, -0.1) is 0 Å². The van der Waals surface area contributed by atoms with Crippen molar-refractivity contribution in [2.75, 3.05) is 0 Å². The normalized spacial score (nSPS) is 48.1. The van der Waals surface area contributed by atoms with Crippen molar-refractivity contribution >= 4 is 5.97 Å². The molecule has 1 aliphatic carbocycles. The van der Waals surface area contributed by atoms with E-state index in [1.807, 2.05) is 0 Å². The van der Waals surface area contributed by atoms with Crippen LogP contribution in [0.1, 0.15) is 12.8 Å². The molecule has 0 aromatic heterocycles. The minimum absolute atomic E-state index is 0.0175. The van der Waals surface area contributed by atoms with Crippen LogP contribution in [0.3, 0.4) is 0 Å². The molecule has 4 nitrogen and oxygen atoms in total. The summed E-state index contributed by atoms with van der Waals surface area (Å²) in [6.07, 6.45) is 0.417. The predicted octanol–water partition coefficient (Wildman–Crippen LogP) is -0.186. The lowest BCUT2D eigenvalue weighted by Gasteiger charge is -2.22. The third-order valence-electron chi connectivity index (χ3n) is 2.58. The van der Waals surface area contributed by atoms with E-state index in [1.54, 1.807) is 0 Å². The number of hydrogen-bond acceptors (Lipinski definition) is 3. The number of aliphatic hydroxyl groups excluding tert-OH is 1. The molecule has 1 saturated carbocycles. The van der Waals surface area contributed by atoms with E-state index in [1.165, 1.54) is 0 Å². The summed E-state index contributed by atoms with van der Waals surface area (Å²) in [6, 6.07) is 0. The summed E-state index contributed by atoms with van der Waals surface area (Å²) in [5.74, 6) is -1.36. The molecule has 0 aromatic carbocycles. The number of carboxylic acids is 1. The molecule has 2 aliphatic rings. The molecule has 2 bridgehead atoms. The van der Waals surface area contributed by atoms with Gasteiger partial charge in [-0.2, -0.15) is 0 Å². The van der Waals surface area contributed by atoms with Gasteiger partial charge in [-0.3, -0.25) is 4.79 Å². The molecule has 11 heavy (non-hydrogen) atoms. The molecule has 2 N–H and O–H groups in total. The molecule has 4 heteroatoms. The third kappa shape index (κ3) is 0.937. The zero-order chi connectivity index (χ0) is 8.01. The first kappa shape index (κ1) is 7.06. The third-order valence-corrected chi connectivity index (χ3v) is 2.58. The SMILES string of the molecule is O=C(O)C1CC2C[C@@H]1C(O)O2. The highest BCUT2D eigenvalue weighted by Gasteiger charge is 2.49. The highest BCUT2D eigenvalue weighted by atomic mass is 16.6. The molecule has 2 fully saturated rings. The second-order valence-corrected chi connectivity index (χ2v) is 3.23. The van der Waals surface area contributed by atoms with E-state index in [9.17, 15) is 4.79 Å². The number of ether oxygens (including phenoxy) is 1. The fraction of sp³-hybridized carbons (Fsp3) is 0.857. The van der Waals surface area contributed by atoms with Crippen LogP contribution in [-0.4, -0.2) is 28.6 Å². The minimum atomic E-state index is -0.838. The Morgan fingerprint density at radius 3 is 2.55 bits per heavy atom. The molecule has 1 heterocycles. The molecule has 0 radical (unpaired) electrons. The predicted molar refractivity (Wildman–Crippen MR) is 34.7 cm³/mol. The largest absolute Gasteiger partial charge is 0.481 e. The minimum Gasteiger partial charge on any atom is -0.481 e. The lowest BCUT2D eigenvalue weighted by molar-refractivity contribution is -0.168. The van der Waals surface area contributed by atoms with E-state index in [0.29, 0.717) is 12.8 Å². The maximum absolute atomic E-state index is 10.6. The first-order valence-corrected chi connectivity index (χ1v) is 3.75. The molecule has 0 spiro atoms. The fourth-order valence-corrected chi connectivity index (χ4v) is 2.03. The average Bonchev–Trinajstić information content (AvgIpc) is 2.43. The van der Waals surface area contributed by atoms with Crippen molar-refractivity contribution in [2.24, 2.45) is 11.8 Å². The van der Waals surface area contributed by atoms with Crippen molar-refractivity contribution in [1.29, 1.82) is 0 Å². The summed E-state index contributed by atoms with van der Waals surface area (Å²) in [5.41, 5.74) is 0. The van der Waals surface area contributed by atoms with E-state index in [4.69, 9.17) is 14.9 Å². The standard InChI is InChI=1S/C7H10O4/c8-6(9)4-1-3-2-5(4)7(10)11-3/h3-5,7,10H,1-2H2,(H,8,9)/t3?,4?,5-,7?/m0/s1. The highest BCUT2D eigenvalue weighted by molar-refractivity contribution is 5.71. The van der Waals surface area contributed by atoms with Crippen molar-refractivity contribution in [3.63, 3.8) is 0 Å². The molecule has 0 aromatic rings. The van der Waals surface area contributed by atoms with Gasteiger partial charge in [-0.05, 0) is 12.8 Å². The van der Waals surface area contributed by atoms with Crippen molar-refractivity contribution in [3.8, 4) is 0 Å². The summed E-state index contributed by atoms with van der Waals surface area (Å²) in [6.45, 7) is 0. The molecule has 4 atom stereocenters. The van der Waals surface area contributed by atoms with E-state index < -0.39 is 12.3 Å². The second-order valence-electron chi connectivity index (χ2n) is 3.23. The van der Waals surface area contributed by atoms with Crippen molar-refractivity contribution in [2.45, 2.75) is 25.2 Å². The lowest BCUT2D eigenvalue weighted by Crippen LogP contribution is -2.32. The van der Waals surface area contributed by atoms with Gasteiger partial charge in [0.25, 0.3) is 0 Å². The van der Waals surface area contributed by atoms with Crippen LogP contribution in [0.5, 0.6) is 0 Å². The maximum Gasteiger partial charge on any atom is 0.307 e. The Bertz CT molecular complexity index is 191. The van der Waals surface area contributed by atoms with Crippen LogP contribution in [0.2, 0.25) is 0 Å². The molecule has 1 aliphatic heterocycles. The number of carbonyl (C=O) groups is 1. The van der Waals surface area contributed by atoms with Crippen molar-refractivity contribution in [3.05, 3.63) is 0 Å². The first-order chi connectivity index (χ1) is 5.18. The number of hydrogen-bond donors (Lipinski definition) is 2. The van der Waals surface area contributed by atoms with Crippen LogP contribution in [-0.2, 0) is 9.53 Å². The number of aliphatic hydroxyl groups is 1. The van der Waals surface area contributed by atoms with E-state index in [2.05, 4.69) is 0 Å². The molecule has 2 rings (SSSR count). The van der Waals surface area contributed by atoms with Gasteiger partial charge >= 0.3 is 5.97 Å². The maximum atomic E-state index is 10.6. The first-order valence-electron chi connectivity index (χ1n) is 3.75. The zero-order valence-electron chi connectivity index (χ0n) is 5.93. The second kappa shape index (κ2) is 2.19. The number of rotatable bonds is 1. The fourth-order valence-electron chi connectivity index (χ4n) is 2.03. The molecular formula is C7H10O4. The summed E-state index contributed by atoms with van der Waals surface area (Å²) in [5, 5.41) is 17.8. The van der Waals surface area contributed by atoms with E-state index in [0.717, 1.165) is 0 Å². The zero-order valence-corrected chi connectivity index (χ0v) is 5.93. The van der Waals surface area contributed by atoms with E-state index >= 15 is 0 Å². The smallest absolute Gasteiger partial charge is 0.307 e. The summed E-state index contributed by atoms with van der Waals surface area (Å²) < 4.78 is 5.03. The van der Waals surface area contributed by atoms with Crippen LogP contribution in [0.15, 0.2) is 0 Å². The number of aliphatic carboxylic acids is 1. The molecular weight excluding hydrogens is 148 g/mol. The van der Waals surface area contributed by atoms with Gasteiger partial charge in [-0.25, -0.2) is 0 Å². The Kier molecular flexibility index (Phi) is 1.40. The van der Waals surface area contributed by atoms with Gasteiger partial charge < -0.3 is 14.9 Å². The number of fused-ring (bicyclic) bond motifs is 2. The van der Waals surface area contributed by atoms with Gasteiger partial charge in [0.15, 0.2) is 6.29 Å². The Labute approximate surface area is 63.8 Å². The van der Waals surface area contributed by atoms with Crippen LogP contribution >= 0.6 is 0 Å². The molecule has 0 amide bonds. The van der Waals surface area contributed by atoms with Gasteiger partial charge in [0.05, 0.1) is 12.0 Å². The topological polar surface area (TPSA) is 66.8 Å². The molecule has 62 valence electrons. The lowest BCUT2D eigenvalue weighted by atomic mass is 9.95. The van der Waals surface area contributed by atoms with Gasteiger partial charge in [0.2, 0.25) is 0 Å². The Morgan fingerprint density at radius 1 is 1.45 bits per heavy atom. The Morgan fingerprint density at radius 2 is 2.18 bits per heavy atom. The average molecular weight is 158 g/mol. The summed E-state index contributed by atoms with van der Waals surface area (Å²) in [4.78, 5) is 10.6. The molecule has 1 saturated heterocycles. The summed E-state index contributed by atoms with van der Waals surface area (Å²) in [7, 11) is 0. The van der Waals surface area contributed by atoms with Crippen molar-refractivity contribution in [1.82, 2.24) is 0 Å². The number of carboxylic acid groups (broad SMARTS) is 1. The monoisotopic (exact) mass is 158 g/mol.